The number of aliphatic carboxylic acids is 1. The topological polar surface area (TPSA) is 73.6 Å². The second-order valence-electron chi connectivity index (χ2n) is 8.19. The first-order chi connectivity index (χ1) is 16.0. The molecule has 0 spiro atoms. The standard InChI is InChI=1S/C25H21F3N2O4/c1-24(2,23(31)32)34-21-11-9-20(10-12-21)33-15-16-3-4-17-14-30(29-22(17)13-16)19-7-5-18(6-8-19)25(26,27)28/h3-14H,15H2,1-2H3,(H,31,32). The highest BCUT2D eigenvalue weighted by Crippen LogP contribution is 2.30. The van der Waals surface area contributed by atoms with Crippen molar-refractivity contribution >= 4 is 16.9 Å². The number of nitrogens with zero attached hydrogens (tertiary/aromatic N) is 2. The maximum atomic E-state index is 12.8. The van der Waals surface area contributed by atoms with Gasteiger partial charge in [0.05, 0.1) is 16.8 Å². The summed E-state index contributed by atoms with van der Waals surface area (Å²) in [4.78, 5) is 11.2. The monoisotopic (exact) mass is 470 g/mol. The van der Waals surface area contributed by atoms with Gasteiger partial charge in [0.2, 0.25) is 0 Å². The lowest BCUT2D eigenvalue weighted by atomic mass is 10.1. The molecular formula is C25H21F3N2O4. The fourth-order valence-corrected chi connectivity index (χ4v) is 3.20. The van der Waals surface area contributed by atoms with Crippen molar-refractivity contribution in [1.82, 2.24) is 9.78 Å². The summed E-state index contributed by atoms with van der Waals surface area (Å²) in [6.07, 6.45) is -2.63. The van der Waals surface area contributed by atoms with Crippen LogP contribution in [0.4, 0.5) is 13.2 Å². The van der Waals surface area contributed by atoms with Crippen LogP contribution in [0, 0.1) is 0 Å². The van der Waals surface area contributed by atoms with Gasteiger partial charge in [-0.1, -0.05) is 12.1 Å². The third-order valence-corrected chi connectivity index (χ3v) is 5.15. The van der Waals surface area contributed by atoms with Crippen molar-refractivity contribution in [3.63, 3.8) is 0 Å². The number of ether oxygens (including phenoxy) is 2. The Hall–Kier alpha value is -4.01. The van der Waals surface area contributed by atoms with Crippen molar-refractivity contribution in [3.05, 3.63) is 84.1 Å². The van der Waals surface area contributed by atoms with Crippen LogP contribution >= 0.6 is 0 Å². The van der Waals surface area contributed by atoms with Gasteiger partial charge in [0, 0.05) is 11.6 Å². The summed E-state index contributed by atoms with van der Waals surface area (Å²) in [6.45, 7) is 3.20. The number of carbonyl (C=O) groups is 1. The molecule has 0 radical (unpaired) electrons. The molecule has 0 aliphatic carbocycles. The lowest BCUT2D eigenvalue weighted by Gasteiger charge is -2.21. The van der Waals surface area contributed by atoms with Gasteiger partial charge in [-0.05, 0) is 74.0 Å². The zero-order valence-corrected chi connectivity index (χ0v) is 18.3. The van der Waals surface area contributed by atoms with Crippen molar-refractivity contribution in [1.29, 1.82) is 0 Å². The zero-order valence-electron chi connectivity index (χ0n) is 18.3. The van der Waals surface area contributed by atoms with Crippen molar-refractivity contribution in [3.8, 4) is 17.2 Å². The van der Waals surface area contributed by atoms with Crippen molar-refractivity contribution in [2.45, 2.75) is 32.2 Å². The number of benzene rings is 3. The van der Waals surface area contributed by atoms with Gasteiger partial charge >= 0.3 is 12.1 Å². The van der Waals surface area contributed by atoms with Crippen LogP contribution in [-0.4, -0.2) is 26.5 Å². The van der Waals surface area contributed by atoms with Gasteiger partial charge in [-0.2, -0.15) is 18.3 Å². The molecule has 0 fully saturated rings. The van der Waals surface area contributed by atoms with Crippen molar-refractivity contribution < 1.29 is 32.5 Å². The van der Waals surface area contributed by atoms with Crippen LogP contribution in [0.15, 0.2) is 72.9 Å². The molecule has 0 aliphatic heterocycles. The minimum atomic E-state index is -4.38. The summed E-state index contributed by atoms with van der Waals surface area (Å²) in [7, 11) is 0. The van der Waals surface area contributed by atoms with E-state index in [0.29, 0.717) is 22.7 Å². The summed E-state index contributed by atoms with van der Waals surface area (Å²) in [5.41, 5.74) is 0.00722. The Labute approximate surface area is 193 Å². The molecular weight excluding hydrogens is 449 g/mol. The van der Waals surface area contributed by atoms with E-state index in [0.717, 1.165) is 23.1 Å². The van der Waals surface area contributed by atoms with Gasteiger partial charge in [-0.25, -0.2) is 9.48 Å². The molecule has 3 aromatic carbocycles. The maximum absolute atomic E-state index is 12.8. The normalized spacial score (nSPS) is 12.0. The smallest absolute Gasteiger partial charge is 0.416 e. The predicted octanol–water partition coefficient (Wildman–Crippen LogP) is 5.87. The molecule has 1 heterocycles. The minimum absolute atomic E-state index is 0.268. The lowest BCUT2D eigenvalue weighted by Crippen LogP contribution is -2.37. The maximum Gasteiger partial charge on any atom is 0.416 e. The first-order valence-corrected chi connectivity index (χ1v) is 10.3. The molecule has 1 N–H and O–H groups in total. The van der Waals surface area contributed by atoms with Gasteiger partial charge in [0.15, 0.2) is 5.60 Å². The molecule has 1 aromatic heterocycles. The molecule has 0 atom stereocenters. The van der Waals surface area contributed by atoms with Crippen LogP contribution in [0.3, 0.4) is 0 Å². The Morgan fingerprint density at radius 2 is 1.62 bits per heavy atom. The summed E-state index contributed by atoms with van der Waals surface area (Å²) >= 11 is 0. The van der Waals surface area contributed by atoms with Gasteiger partial charge in [0.1, 0.15) is 18.1 Å². The number of alkyl halides is 3. The average molecular weight is 470 g/mol. The third kappa shape index (κ3) is 5.14. The first-order valence-electron chi connectivity index (χ1n) is 10.3. The highest BCUT2D eigenvalue weighted by atomic mass is 19.4. The fraction of sp³-hybridized carbons (Fsp3) is 0.200. The molecule has 34 heavy (non-hydrogen) atoms. The summed E-state index contributed by atoms with van der Waals surface area (Å²) in [5, 5.41) is 14.5. The van der Waals surface area contributed by atoms with Crippen LogP contribution in [0.5, 0.6) is 11.5 Å². The van der Waals surface area contributed by atoms with E-state index in [2.05, 4.69) is 5.10 Å². The van der Waals surface area contributed by atoms with Crippen LogP contribution < -0.4 is 9.47 Å². The zero-order chi connectivity index (χ0) is 24.5. The number of halogens is 3. The SMILES string of the molecule is CC(C)(Oc1ccc(OCc2ccc3cn(-c4ccc(C(F)(F)F)cc4)nc3c2)cc1)C(=O)O. The quantitative estimate of drug-likeness (QED) is 0.366. The summed E-state index contributed by atoms with van der Waals surface area (Å²) in [6, 6.07) is 17.1. The van der Waals surface area contributed by atoms with Gasteiger partial charge in [-0.3, -0.25) is 0 Å². The van der Waals surface area contributed by atoms with Gasteiger partial charge in [-0.15, -0.1) is 0 Å². The highest BCUT2D eigenvalue weighted by molar-refractivity contribution is 5.79. The molecule has 0 saturated carbocycles. The Balaban J connectivity index is 1.43. The number of hydrogen-bond donors (Lipinski definition) is 1. The van der Waals surface area contributed by atoms with Crippen LogP contribution in [0.1, 0.15) is 25.0 Å². The van der Waals surface area contributed by atoms with Crippen molar-refractivity contribution in [2.24, 2.45) is 0 Å². The van der Waals surface area contributed by atoms with E-state index in [-0.39, 0.29) is 6.61 Å². The number of carboxylic acid groups (broad SMARTS) is 1. The largest absolute Gasteiger partial charge is 0.489 e. The molecule has 0 saturated heterocycles. The second-order valence-corrected chi connectivity index (χ2v) is 8.19. The molecule has 0 aliphatic rings. The van der Waals surface area contributed by atoms with Crippen molar-refractivity contribution in [2.75, 3.05) is 0 Å². The lowest BCUT2D eigenvalue weighted by molar-refractivity contribution is -0.152. The number of carboxylic acids is 1. The van der Waals surface area contributed by atoms with E-state index in [4.69, 9.17) is 14.6 Å². The number of aromatic nitrogens is 2. The third-order valence-electron chi connectivity index (χ3n) is 5.15. The minimum Gasteiger partial charge on any atom is -0.489 e. The fourth-order valence-electron chi connectivity index (χ4n) is 3.20. The van der Waals surface area contributed by atoms with E-state index in [9.17, 15) is 18.0 Å². The molecule has 9 heteroatoms. The highest BCUT2D eigenvalue weighted by Gasteiger charge is 2.30. The Morgan fingerprint density at radius 3 is 2.24 bits per heavy atom. The molecule has 4 rings (SSSR count). The average Bonchev–Trinajstić information content (AvgIpc) is 3.21. The van der Waals surface area contributed by atoms with E-state index >= 15 is 0 Å². The molecule has 0 amide bonds. The molecule has 0 unspecified atom stereocenters. The second kappa shape index (κ2) is 8.74. The Kier molecular flexibility index (Phi) is 5.95. The molecule has 6 nitrogen and oxygen atoms in total. The van der Waals surface area contributed by atoms with Gasteiger partial charge < -0.3 is 14.6 Å². The van der Waals surface area contributed by atoms with E-state index in [1.54, 1.807) is 30.5 Å². The molecule has 4 aromatic rings. The summed E-state index contributed by atoms with van der Waals surface area (Å²) in [5.74, 6) is -0.0742. The number of hydrogen-bond acceptors (Lipinski definition) is 4. The predicted molar refractivity (Wildman–Crippen MR) is 119 cm³/mol. The molecule has 176 valence electrons. The summed E-state index contributed by atoms with van der Waals surface area (Å²) < 4.78 is 51.1. The van der Waals surface area contributed by atoms with Crippen LogP contribution in [0.25, 0.3) is 16.6 Å². The molecule has 0 bridgehead atoms. The number of fused-ring (bicyclic) bond motifs is 1. The number of rotatable bonds is 7. The van der Waals surface area contributed by atoms with E-state index in [1.165, 1.54) is 30.7 Å². The van der Waals surface area contributed by atoms with Crippen LogP contribution in [-0.2, 0) is 17.6 Å². The van der Waals surface area contributed by atoms with Gasteiger partial charge in [0.25, 0.3) is 0 Å². The Bertz CT molecular complexity index is 1310. The van der Waals surface area contributed by atoms with E-state index < -0.39 is 23.3 Å². The Morgan fingerprint density at radius 1 is 0.971 bits per heavy atom. The first kappa shape index (κ1) is 23.2. The van der Waals surface area contributed by atoms with Crippen LogP contribution in [0.2, 0.25) is 0 Å². The van der Waals surface area contributed by atoms with E-state index in [1.807, 2.05) is 18.2 Å².